The number of hydrogen-bond acceptors (Lipinski definition) is 6. The topological polar surface area (TPSA) is 93.1 Å². The van der Waals surface area contributed by atoms with E-state index in [-0.39, 0.29) is 28.5 Å². The van der Waals surface area contributed by atoms with E-state index in [0.717, 1.165) is 33.9 Å². The minimum atomic E-state index is -4.79. The molecule has 3 rings (SSSR count). The zero-order valence-electron chi connectivity index (χ0n) is 19.4. The monoisotopic (exact) mass is 541 g/mol. The molecule has 0 heterocycles. The average molecular weight is 542 g/mol. The van der Waals surface area contributed by atoms with Gasteiger partial charge >= 0.3 is 12.3 Å². The normalized spacial score (nSPS) is 12.0. The van der Waals surface area contributed by atoms with E-state index in [0.29, 0.717) is 21.8 Å². The van der Waals surface area contributed by atoms with Gasteiger partial charge in [-0.3, -0.25) is 0 Å². The molecule has 0 unspecified atom stereocenters. The summed E-state index contributed by atoms with van der Waals surface area (Å²) < 4.78 is 73.9. The number of rotatable bonds is 9. The lowest BCUT2D eigenvalue weighted by Crippen LogP contribution is -2.25. The molecule has 0 aromatic heterocycles. The summed E-state index contributed by atoms with van der Waals surface area (Å²) in [6.45, 7) is 5.05. The molecular formula is C24H22F3NO6S2. The van der Waals surface area contributed by atoms with Crippen LogP contribution in [0.25, 0.3) is 0 Å². The van der Waals surface area contributed by atoms with Crippen LogP contribution in [0.2, 0.25) is 0 Å². The van der Waals surface area contributed by atoms with Crippen LogP contribution in [0.1, 0.15) is 28.4 Å². The summed E-state index contributed by atoms with van der Waals surface area (Å²) in [5.74, 6) is -0.912. The second-order valence-corrected chi connectivity index (χ2v) is 10.7. The highest BCUT2D eigenvalue weighted by atomic mass is 32.3. The fourth-order valence-corrected chi connectivity index (χ4v) is 5.83. The first-order valence-corrected chi connectivity index (χ1v) is 12.7. The molecule has 0 atom stereocenters. The number of benzene rings is 3. The molecule has 0 aliphatic rings. The first kappa shape index (κ1) is 27.4. The molecule has 0 saturated carbocycles. The predicted octanol–water partition coefficient (Wildman–Crippen LogP) is 6.41. The van der Waals surface area contributed by atoms with E-state index in [1.807, 2.05) is 0 Å². The molecule has 0 amide bonds. The van der Waals surface area contributed by atoms with E-state index < -0.39 is 22.4 Å². The van der Waals surface area contributed by atoms with Crippen molar-refractivity contribution in [3.8, 4) is 17.2 Å². The maximum Gasteiger partial charge on any atom is 0.573 e. The Balaban J connectivity index is 1.74. The van der Waals surface area contributed by atoms with Crippen LogP contribution in [0.4, 0.5) is 13.2 Å². The quantitative estimate of drug-likeness (QED) is 0.313. The Morgan fingerprint density at radius 1 is 0.972 bits per heavy atom. The Bertz CT molecular complexity index is 1340. The van der Waals surface area contributed by atoms with Crippen molar-refractivity contribution in [2.45, 2.75) is 36.9 Å². The van der Waals surface area contributed by atoms with Gasteiger partial charge in [0.15, 0.2) is 0 Å². The van der Waals surface area contributed by atoms with Gasteiger partial charge in [-0.1, -0.05) is 6.92 Å². The first-order chi connectivity index (χ1) is 16.8. The summed E-state index contributed by atoms with van der Waals surface area (Å²) in [6.07, 6.45) is -4.79. The highest BCUT2D eigenvalue weighted by molar-refractivity contribution is 8.08. The number of carboxylic acid groups (broad SMARTS) is 1. The molecule has 0 aliphatic heterocycles. The number of hydrogen-bond donors (Lipinski definition) is 1. The number of halogens is 3. The summed E-state index contributed by atoms with van der Waals surface area (Å²) in [7, 11) is -4.01. The smallest absolute Gasteiger partial charge is 0.478 e. The molecule has 0 bridgehead atoms. The van der Waals surface area contributed by atoms with Crippen molar-refractivity contribution >= 4 is 27.9 Å². The summed E-state index contributed by atoms with van der Waals surface area (Å²) in [5.41, 5.74) is 0.971. The molecule has 3 aromatic rings. The third-order valence-corrected chi connectivity index (χ3v) is 8.40. The molecule has 0 fully saturated rings. The predicted molar refractivity (Wildman–Crippen MR) is 128 cm³/mol. The Kier molecular flexibility index (Phi) is 8.22. The number of carbonyl (C=O) groups is 1. The Hall–Kier alpha value is -3.22. The lowest BCUT2D eigenvalue weighted by Gasteiger charge is -2.20. The molecule has 0 radical (unpaired) electrons. The maximum atomic E-state index is 13.2. The zero-order chi connectivity index (χ0) is 26.7. The number of carboxylic acids is 1. The van der Waals surface area contributed by atoms with E-state index in [1.165, 1.54) is 18.2 Å². The van der Waals surface area contributed by atoms with Gasteiger partial charge in [-0.05, 0) is 97.6 Å². The van der Waals surface area contributed by atoms with Crippen LogP contribution >= 0.6 is 11.9 Å². The summed E-state index contributed by atoms with van der Waals surface area (Å²) in [6, 6.07) is 13.9. The highest BCUT2D eigenvalue weighted by Gasteiger charge is 2.31. The van der Waals surface area contributed by atoms with Crippen LogP contribution in [-0.2, 0) is 10.0 Å². The van der Waals surface area contributed by atoms with Crippen LogP contribution in [0.3, 0.4) is 0 Å². The molecule has 0 spiro atoms. The number of alkyl halides is 3. The van der Waals surface area contributed by atoms with Gasteiger partial charge in [0.05, 0.1) is 10.5 Å². The number of aryl methyl sites for hydroxylation is 1. The largest absolute Gasteiger partial charge is 0.573 e. The van der Waals surface area contributed by atoms with E-state index in [1.54, 1.807) is 45.0 Å². The minimum Gasteiger partial charge on any atom is -0.478 e. The van der Waals surface area contributed by atoms with Crippen molar-refractivity contribution in [3.05, 3.63) is 77.4 Å². The number of aromatic carboxylic acids is 1. The highest BCUT2D eigenvalue weighted by Crippen LogP contribution is 2.33. The number of sulfonamides is 1. The summed E-state index contributed by atoms with van der Waals surface area (Å²) in [5, 5.41) is 9.42. The van der Waals surface area contributed by atoms with Crippen molar-refractivity contribution in [2.24, 2.45) is 0 Å². The fraction of sp³-hybridized carbons (Fsp3) is 0.208. The van der Waals surface area contributed by atoms with E-state index >= 15 is 0 Å². The SMILES string of the molecule is CCN(Sc1ccc(Oc2ccc(OC(F)(F)F)cc2)cc1)S(=O)(=O)c1cc(C)c(C)c(C(=O)O)c1. The van der Waals surface area contributed by atoms with Gasteiger partial charge in [0.2, 0.25) is 0 Å². The van der Waals surface area contributed by atoms with Gasteiger partial charge in [-0.25, -0.2) is 13.2 Å². The molecule has 0 aliphatic carbocycles. The average Bonchev–Trinajstić information content (AvgIpc) is 2.80. The molecular weight excluding hydrogens is 519 g/mol. The van der Waals surface area contributed by atoms with Crippen molar-refractivity contribution < 1.29 is 41.0 Å². The van der Waals surface area contributed by atoms with Gasteiger partial charge in [0, 0.05) is 11.4 Å². The zero-order valence-corrected chi connectivity index (χ0v) is 21.0. The Labute approximate surface area is 210 Å². The Morgan fingerprint density at radius 2 is 1.50 bits per heavy atom. The van der Waals surface area contributed by atoms with Gasteiger partial charge in [0.25, 0.3) is 10.0 Å². The Morgan fingerprint density at radius 3 is 2.00 bits per heavy atom. The molecule has 36 heavy (non-hydrogen) atoms. The van der Waals surface area contributed by atoms with E-state index in [9.17, 15) is 31.5 Å². The van der Waals surface area contributed by atoms with Gasteiger partial charge in [-0.2, -0.15) is 0 Å². The second-order valence-electron chi connectivity index (χ2n) is 7.53. The lowest BCUT2D eigenvalue weighted by molar-refractivity contribution is -0.274. The van der Waals surface area contributed by atoms with Crippen LogP contribution in [0.5, 0.6) is 17.2 Å². The van der Waals surface area contributed by atoms with Crippen molar-refractivity contribution in [1.29, 1.82) is 0 Å². The van der Waals surface area contributed by atoms with Crippen molar-refractivity contribution in [1.82, 2.24) is 3.71 Å². The standard InChI is InChI=1S/C24H22F3NO6S2/c1-4-28(36(31,32)21-13-15(2)16(3)22(14-21)23(29)30)35-20-11-9-18(10-12-20)33-17-5-7-19(8-6-17)34-24(25,26)27/h5-14H,4H2,1-3H3,(H,29,30). The lowest BCUT2D eigenvalue weighted by atomic mass is 10.0. The number of nitrogens with zero attached hydrogens (tertiary/aromatic N) is 1. The maximum absolute atomic E-state index is 13.2. The van der Waals surface area contributed by atoms with Crippen LogP contribution in [0, 0.1) is 13.8 Å². The molecule has 0 saturated heterocycles. The second kappa shape index (κ2) is 10.8. The molecule has 192 valence electrons. The van der Waals surface area contributed by atoms with Crippen molar-refractivity contribution in [3.63, 3.8) is 0 Å². The molecule has 12 heteroatoms. The van der Waals surface area contributed by atoms with Gasteiger partial charge < -0.3 is 14.6 Å². The van der Waals surface area contributed by atoms with Crippen LogP contribution < -0.4 is 9.47 Å². The molecule has 1 N–H and O–H groups in total. The van der Waals surface area contributed by atoms with Crippen LogP contribution in [0.15, 0.2) is 70.5 Å². The third-order valence-electron chi connectivity index (χ3n) is 5.02. The number of ether oxygens (including phenoxy) is 2. The minimum absolute atomic E-state index is 0.0749. The molecule has 3 aromatic carbocycles. The summed E-state index contributed by atoms with van der Waals surface area (Å²) in [4.78, 5) is 12.0. The van der Waals surface area contributed by atoms with Gasteiger partial charge in [0.1, 0.15) is 17.2 Å². The van der Waals surface area contributed by atoms with Crippen molar-refractivity contribution in [2.75, 3.05) is 6.54 Å². The first-order valence-electron chi connectivity index (χ1n) is 10.5. The van der Waals surface area contributed by atoms with E-state index in [4.69, 9.17) is 4.74 Å². The van der Waals surface area contributed by atoms with Crippen LogP contribution in [-0.4, -0.2) is 36.1 Å². The van der Waals surface area contributed by atoms with E-state index in [2.05, 4.69) is 4.74 Å². The fourth-order valence-electron chi connectivity index (χ4n) is 3.13. The molecule has 7 nitrogen and oxygen atoms in total. The summed E-state index contributed by atoms with van der Waals surface area (Å²) >= 11 is 0.956. The third kappa shape index (κ3) is 6.71. The van der Waals surface area contributed by atoms with Gasteiger partial charge in [-0.15, -0.1) is 16.9 Å².